The third-order valence-corrected chi connectivity index (χ3v) is 3.61. The molecule has 6 heteroatoms. The van der Waals surface area contributed by atoms with Gasteiger partial charge in [-0.3, -0.25) is 4.79 Å². The number of nitrogens with zero attached hydrogens (tertiary/aromatic N) is 1. The Bertz CT molecular complexity index is 759. The lowest BCUT2D eigenvalue weighted by Gasteiger charge is -2.13. The van der Waals surface area contributed by atoms with E-state index in [0.717, 1.165) is 23.2 Å². The molecule has 0 radical (unpaired) electrons. The maximum atomic E-state index is 12.2. The average Bonchev–Trinajstić information content (AvgIpc) is 2.62. The fourth-order valence-corrected chi connectivity index (χ4v) is 2.38. The zero-order chi connectivity index (χ0) is 18.2. The minimum atomic E-state index is -0.646. The van der Waals surface area contributed by atoms with Crippen LogP contribution in [-0.2, 0) is 16.0 Å². The molecule has 25 heavy (non-hydrogen) atoms. The summed E-state index contributed by atoms with van der Waals surface area (Å²) in [5.74, 6) is -0.839. The number of para-hydroxylation sites is 1. The van der Waals surface area contributed by atoms with E-state index < -0.39 is 5.97 Å². The largest absolute Gasteiger partial charge is 0.477 e. The number of carbonyl (C=O) groups is 2. The van der Waals surface area contributed by atoms with E-state index in [4.69, 9.17) is 9.47 Å². The summed E-state index contributed by atoms with van der Waals surface area (Å²) in [6.07, 6.45) is 2.32. The first kappa shape index (κ1) is 18.4. The van der Waals surface area contributed by atoms with Crippen LogP contribution in [0.25, 0.3) is 0 Å². The van der Waals surface area contributed by atoms with Crippen LogP contribution in [-0.4, -0.2) is 30.1 Å². The maximum Gasteiger partial charge on any atom is 0.344 e. The average molecular weight is 342 g/mol. The molecule has 2 rings (SSSR count). The molecule has 132 valence electrons. The van der Waals surface area contributed by atoms with E-state index in [1.165, 1.54) is 6.20 Å². The highest BCUT2D eigenvalue weighted by Gasteiger charge is 2.17. The van der Waals surface area contributed by atoms with Crippen LogP contribution in [0.4, 0.5) is 5.69 Å². The quantitative estimate of drug-likeness (QED) is 0.782. The van der Waals surface area contributed by atoms with Crippen LogP contribution in [0, 0.1) is 6.92 Å². The predicted molar refractivity (Wildman–Crippen MR) is 94.9 cm³/mol. The van der Waals surface area contributed by atoms with Gasteiger partial charge in [0.2, 0.25) is 5.88 Å². The zero-order valence-electron chi connectivity index (χ0n) is 14.7. The summed E-state index contributed by atoms with van der Waals surface area (Å²) in [7, 11) is 0. The van der Waals surface area contributed by atoms with Crippen LogP contribution in [0.15, 0.2) is 36.5 Å². The number of ether oxygens (including phenoxy) is 2. The molecule has 0 atom stereocenters. The van der Waals surface area contributed by atoms with Gasteiger partial charge in [-0.1, -0.05) is 25.1 Å². The van der Waals surface area contributed by atoms with Crippen LogP contribution in [0.5, 0.6) is 5.88 Å². The Morgan fingerprint density at radius 2 is 1.96 bits per heavy atom. The second kappa shape index (κ2) is 8.82. The van der Waals surface area contributed by atoms with E-state index in [0.29, 0.717) is 6.61 Å². The lowest BCUT2D eigenvalue weighted by molar-refractivity contribution is -0.119. The Balaban J connectivity index is 2.00. The van der Waals surface area contributed by atoms with Gasteiger partial charge in [0.25, 0.3) is 5.91 Å². The Morgan fingerprint density at radius 1 is 1.16 bits per heavy atom. The molecule has 1 aromatic carbocycles. The smallest absolute Gasteiger partial charge is 0.344 e. The fourth-order valence-electron chi connectivity index (χ4n) is 2.38. The van der Waals surface area contributed by atoms with Gasteiger partial charge in [0, 0.05) is 11.9 Å². The summed E-state index contributed by atoms with van der Waals surface area (Å²) in [6.45, 7) is 5.74. The van der Waals surface area contributed by atoms with E-state index in [9.17, 15) is 9.59 Å². The number of carbonyl (C=O) groups excluding carboxylic acids is 2. The summed E-state index contributed by atoms with van der Waals surface area (Å²) >= 11 is 0. The van der Waals surface area contributed by atoms with E-state index in [1.54, 1.807) is 19.1 Å². The number of anilines is 1. The third kappa shape index (κ3) is 4.79. The lowest BCUT2D eigenvalue weighted by Crippen LogP contribution is -2.22. The van der Waals surface area contributed by atoms with Gasteiger partial charge in [-0.25, -0.2) is 9.78 Å². The number of nitrogens with one attached hydrogen (secondary N) is 1. The first-order valence-electron chi connectivity index (χ1n) is 8.20. The molecular weight excluding hydrogens is 320 g/mol. The number of hydrogen-bond acceptors (Lipinski definition) is 5. The van der Waals surface area contributed by atoms with Crippen molar-refractivity contribution in [1.82, 2.24) is 4.98 Å². The van der Waals surface area contributed by atoms with Crippen LogP contribution in [0.2, 0.25) is 0 Å². The number of esters is 1. The Kier molecular flexibility index (Phi) is 6.51. The van der Waals surface area contributed by atoms with Gasteiger partial charge in [0.1, 0.15) is 5.56 Å². The van der Waals surface area contributed by atoms with Crippen molar-refractivity contribution in [3.05, 3.63) is 53.2 Å². The standard InChI is InChI=1S/C19H22N2O4/c1-4-14-9-6-8-13(3)17(14)21-16(22)12-25-19(23)15-10-7-11-20-18(15)24-5-2/h6-11H,4-5,12H2,1-3H3,(H,21,22). The zero-order valence-corrected chi connectivity index (χ0v) is 14.7. The number of hydrogen-bond donors (Lipinski definition) is 1. The second-order valence-corrected chi connectivity index (χ2v) is 5.38. The second-order valence-electron chi connectivity index (χ2n) is 5.38. The first-order chi connectivity index (χ1) is 12.1. The summed E-state index contributed by atoms with van der Waals surface area (Å²) in [5.41, 5.74) is 2.96. The number of benzene rings is 1. The van der Waals surface area contributed by atoms with Gasteiger partial charge >= 0.3 is 5.97 Å². The molecule has 0 bridgehead atoms. The van der Waals surface area contributed by atoms with E-state index in [1.807, 2.05) is 32.0 Å². The molecule has 0 spiro atoms. The molecule has 0 saturated carbocycles. The third-order valence-electron chi connectivity index (χ3n) is 3.61. The summed E-state index contributed by atoms with van der Waals surface area (Å²) < 4.78 is 10.4. The first-order valence-corrected chi connectivity index (χ1v) is 8.20. The van der Waals surface area contributed by atoms with Crippen LogP contribution in [0.3, 0.4) is 0 Å². The van der Waals surface area contributed by atoms with Crippen LogP contribution in [0.1, 0.15) is 35.3 Å². The van der Waals surface area contributed by atoms with E-state index in [-0.39, 0.29) is 24.0 Å². The van der Waals surface area contributed by atoms with Gasteiger partial charge in [0.15, 0.2) is 6.61 Å². The summed E-state index contributed by atoms with van der Waals surface area (Å²) in [6, 6.07) is 8.99. The van der Waals surface area contributed by atoms with Crippen molar-refractivity contribution in [1.29, 1.82) is 0 Å². The molecule has 0 saturated heterocycles. The van der Waals surface area contributed by atoms with Gasteiger partial charge < -0.3 is 14.8 Å². The highest BCUT2D eigenvalue weighted by molar-refractivity contribution is 5.97. The highest BCUT2D eigenvalue weighted by atomic mass is 16.5. The van der Waals surface area contributed by atoms with E-state index in [2.05, 4.69) is 10.3 Å². The molecule has 1 N–H and O–H groups in total. The van der Waals surface area contributed by atoms with E-state index >= 15 is 0 Å². The Hall–Kier alpha value is -2.89. The van der Waals surface area contributed by atoms with Crippen molar-refractivity contribution in [2.45, 2.75) is 27.2 Å². The van der Waals surface area contributed by atoms with Crippen molar-refractivity contribution in [2.24, 2.45) is 0 Å². The highest BCUT2D eigenvalue weighted by Crippen LogP contribution is 2.21. The van der Waals surface area contributed by atoms with Gasteiger partial charge in [-0.15, -0.1) is 0 Å². The molecular formula is C19H22N2O4. The molecule has 0 aliphatic carbocycles. The molecule has 1 heterocycles. The van der Waals surface area contributed by atoms with Crippen molar-refractivity contribution >= 4 is 17.6 Å². The summed E-state index contributed by atoms with van der Waals surface area (Å²) in [4.78, 5) is 28.3. The maximum absolute atomic E-state index is 12.2. The lowest BCUT2D eigenvalue weighted by atomic mass is 10.1. The number of aryl methyl sites for hydroxylation is 2. The SMILES string of the molecule is CCOc1ncccc1C(=O)OCC(=O)Nc1c(C)cccc1CC. The van der Waals surface area contributed by atoms with Gasteiger partial charge in [0.05, 0.1) is 6.61 Å². The monoisotopic (exact) mass is 342 g/mol. The van der Waals surface area contributed by atoms with Gasteiger partial charge in [-0.05, 0) is 43.5 Å². The molecule has 0 fully saturated rings. The molecule has 1 amide bonds. The molecule has 1 aromatic heterocycles. The van der Waals surface area contributed by atoms with Crippen molar-refractivity contribution < 1.29 is 19.1 Å². The van der Waals surface area contributed by atoms with Crippen LogP contribution >= 0.6 is 0 Å². The molecule has 0 aliphatic rings. The topological polar surface area (TPSA) is 77.5 Å². The normalized spacial score (nSPS) is 10.2. The van der Waals surface area contributed by atoms with Crippen molar-refractivity contribution in [3.63, 3.8) is 0 Å². The molecule has 2 aromatic rings. The fraction of sp³-hybridized carbons (Fsp3) is 0.316. The Morgan fingerprint density at radius 3 is 2.68 bits per heavy atom. The minimum Gasteiger partial charge on any atom is -0.477 e. The minimum absolute atomic E-state index is 0.197. The molecule has 0 unspecified atom stereocenters. The number of amides is 1. The van der Waals surface area contributed by atoms with Crippen LogP contribution < -0.4 is 10.1 Å². The molecule has 6 nitrogen and oxygen atoms in total. The number of rotatable bonds is 7. The van der Waals surface area contributed by atoms with Crippen molar-refractivity contribution in [3.8, 4) is 5.88 Å². The van der Waals surface area contributed by atoms with Gasteiger partial charge in [-0.2, -0.15) is 0 Å². The number of pyridine rings is 1. The predicted octanol–water partition coefficient (Wildman–Crippen LogP) is 3.15. The molecule has 0 aliphatic heterocycles. The Labute approximate surface area is 147 Å². The number of aromatic nitrogens is 1. The van der Waals surface area contributed by atoms with Crippen molar-refractivity contribution in [2.75, 3.05) is 18.5 Å². The summed E-state index contributed by atoms with van der Waals surface area (Å²) in [5, 5.41) is 2.81.